The number of carbonyl (C=O) groups excluding carboxylic acids is 1. The van der Waals surface area contributed by atoms with E-state index in [4.69, 9.17) is 0 Å². The van der Waals surface area contributed by atoms with E-state index in [1.165, 1.54) is 11.3 Å². The van der Waals surface area contributed by atoms with E-state index in [-0.39, 0.29) is 17.4 Å². The lowest BCUT2D eigenvalue weighted by molar-refractivity contribution is -0.485. The molecule has 0 N–H and O–H groups in total. The zero-order chi connectivity index (χ0) is 12.3. The van der Waals surface area contributed by atoms with Gasteiger partial charge in [0, 0.05) is 15.2 Å². The zero-order valence-corrected chi connectivity index (χ0v) is 10.3. The van der Waals surface area contributed by atoms with Gasteiger partial charge in [-0.3, -0.25) is 10.1 Å². The lowest BCUT2D eigenvalue weighted by Gasteiger charge is -2.29. The Labute approximate surface area is 104 Å². The lowest BCUT2D eigenvalue weighted by atomic mass is 9.74. The van der Waals surface area contributed by atoms with Gasteiger partial charge in [0.05, 0.1) is 5.92 Å². The van der Waals surface area contributed by atoms with Crippen molar-refractivity contribution in [1.82, 2.24) is 0 Å². The summed E-state index contributed by atoms with van der Waals surface area (Å²) in [4.78, 5) is 22.9. The molecular formula is C12H15NO3S. The fraction of sp³-hybridized carbons (Fsp3) is 0.583. The van der Waals surface area contributed by atoms with Gasteiger partial charge in [0.1, 0.15) is 6.29 Å². The van der Waals surface area contributed by atoms with E-state index < -0.39 is 5.41 Å². The molecule has 2 rings (SSSR count). The van der Waals surface area contributed by atoms with Gasteiger partial charge in [-0.1, -0.05) is 18.9 Å². The number of carbonyl (C=O) groups is 1. The number of aldehydes is 1. The normalized spacial score (nSPS) is 20.0. The molecular weight excluding hydrogens is 238 g/mol. The standard InChI is InChI=1S/C12H15NO3S/c14-9-12(5-1-2-6-12)10(8-13(15)16)11-4-3-7-17-11/h3-4,7,9-10H,1-2,5-6,8H2/t10-/m1/s1. The van der Waals surface area contributed by atoms with Crippen LogP contribution in [0.25, 0.3) is 0 Å². The quantitative estimate of drug-likeness (QED) is 0.460. The molecule has 0 saturated heterocycles. The molecule has 1 aromatic rings. The van der Waals surface area contributed by atoms with E-state index in [0.29, 0.717) is 0 Å². The van der Waals surface area contributed by atoms with Gasteiger partial charge in [0.2, 0.25) is 6.54 Å². The van der Waals surface area contributed by atoms with Gasteiger partial charge >= 0.3 is 0 Å². The molecule has 1 heterocycles. The Morgan fingerprint density at radius 1 is 1.53 bits per heavy atom. The third-order valence-electron chi connectivity index (χ3n) is 3.68. The summed E-state index contributed by atoms with van der Waals surface area (Å²) in [6.45, 7) is -0.140. The van der Waals surface area contributed by atoms with Gasteiger partial charge in [-0.2, -0.15) is 0 Å². The van der Waals surface area contributed by atoms with Crippen LogP contribution in [0.15, 0.2) is 17.5 Å². The Kier molecular flexibility index (Phi) is 3.57. The van der Waals surface area contributed by atoms with Crippen LogP contribution in [-0.2, 0) is 4.79 Å². The van der Waals surface area contributed by atoms with E-state index in [1.807, 2.05) is 17.5 Å². The first-order valence-electron chi connectivity index (χ1n) is 5.79. The maximum absolute atomic E-state index is 11.4. The summed E-state index contributed by atoms with van der Waals surface area (Å²) in [5.74, 6) is -0.252. The van der Waals surface area contributed by atoms with Crippen molar-refractivity contribution < 1.29 is 9.72 Å². The molecule has 17 heavy (non-hydrogen) atoms. The van der Waals surface area contributed by atoms with E-state index in [1.54, 1.807) is 0 Å². The van der Waals surface area contributed by atoms with Crippen molar-refractivity contribution in [2.75, 3.05) is 6.54 Å². The highest BCUT2D eigenvalue weighted by Crippen LogP contribution is 2.48. The summed E-state index contributed by atoms with van der Waals surface area (Å²) < 4.78 is 0. The number of nitro groups is 1. The minimum Gasteiger partial charge on any atom is -0.303 e. The first-order chi connectivity index (χ1) is 8.18. The minimum absolute atomic E-state index is 0.140. The van der Waals surface area contributed by atoms with Gasteiger partial charge in [-0.05, 0) is 24.3 Å². The van der Waals surface area contributed by atoms with E-state index in [9.17, 15) is 14.9 Å². The smallest absolute Gasteiger partial charge is 0.212 e. The molecule has 0 spiro atoms. The van der Waals surface area contributed by atoms with Crippen LogP contribution in [0.3, 0.4) is 0 Å². The van der Waals surface area contributed by atoms with Crippen LogP contribution in [0.2, 0.25) is 0 Å². The first kappa shape index (κ1) is 12.2. The summed E-state index contributed by atoms with van der Waals surface area (Å²) in [5.41, 5.74) is -0.502. The molecule has 1 saturated carbocycles. The second-order valence-electron chi connectivity index (χ2n) is 4.64. The third-order valence-corrected chi connectivity index (χ3v) is 4.67. The van der Waals surface area contributed by atoms with Crippen LogP contribution in [0.1, 0.15) is 36.5 Å². The average Bonchev–Trinajstić information content (AvgIpc) is 2.98. The van der Waals surface area contributed by atoms with Crippen molar-refractivity contribution in [2.45, 2.75) is 31.6 Å². The molecule has 0 aromatic carbocycles. The summed E-state index contributed by atoms with van der Waals surface area (Å²) in [6, 6.07) is 3.79. The SMILES string of the molecule is O=CC1([C@H](C[N+](=O)[O-])c2cccs2)CCCC1. The molecule has 0 amide bonds. The summed E-state index contributed by atoms with van der Waals surface area (Å²) in [5, 5.41) is 12.7. The topological polar surface area (TPSA) is 60.2 Å². The Morgan fingerprint density at radius 3 is 2.71 bits per heavy atom. The molecule has 92 valence electrons. The highest BCUT2D eigenvalue weighted by atomic mass is 32.1. The molecule has 5 heteroatoms. The monoisotopic (exact) mass is 253 g/mol. The van der Waals surface area contributed by atoms with Crippen LogP contribution in [0.4, 0.5) is 0 Å². The second kappa shape index (κ2) is 4.96. The maximum atomic E-state index is 11.4. The van der Waals surface area contributed by atoms with Crippen molar-refractivity contribution >= 4 is 17.6 Å². The number of thiophene rings is 1. The minimum atomic E-state index is -0.502. The average molecular weight is 253 g/mol. The van der Waals surface area contributed by atoms with Gasteiger partial charge in [-0.25, -0.2) is 0 Å². The van der Waals surface area contributed by atoms with Gasteiger partial charge < -0.3 is 4.79 Å². The molecule has 1 aliphatic carbocycles. The van der Waals surface area contributed by atoms with Crippen LogP contribution >= 0.6 is 11.3 Å². The molecule has 0 bridgehead atoms. The van der Waals surface area contributed by atoms with Crippen molar-refractivity contribution in [2.24, 2.45) is 5.41 Å². The zero-order valence-electron chi connectivity index (χ0n) is 9.50. The van der Waals surface area contributed by atoms with Crippen molar-refractivity contribution in [3.63, 3.8) is 0 Å². The van der Waals surface area contributed by atoms with Crippen molar-refractivity contribution in [3.8, 4) is 0 Å². The third kappa shape index (κ3) is 2.39. The molecule has 0 unspecified atom stereocenters. The van der Waals surface area contributed by atoms with Crippen molar-refractivity contribution in [1.29, 1.82) is 0 Å². The number of hydrogen-bond acceptors (Lipinski definition) is 4. The molecule has 0 aliphatic heterocycles. The Bertz CT molecular complexity index is 396. The molecule has 1 atom stereocenters. The van der Waals surface area contributed by atoms with Crippen LogP contribution in [0, 0.1) is 15.5 Å². The lowest BCUT2D eigenvalue weighted by Crippen LogP contribution is -2.32. The fourth-order valence-electron chi connectivity index (χ4n) is 2.78. The van der Waals surface area contributed by atoms with Crippen LogP contribution < -0.4 is 0 Å². The number of hydrogen-bond donors (Lipinski definition) is 0. The highest BCUT2D eigenvalue weighted by Gasteiger charge is 2.45. The Morgan fingerprint density at radius 2 is 2.24 bits per heavy atom. The molecule has 1 aromatic heterocycles. The van der Waals surface area contributed by atoms with Crippen LogP contribution in [0.5, 0.6) is 0 Å². The van der Waals surface area contributed by atoms with E-state index in [2.05, 4.69) is 0 Å². The largest absolute Gasteiger partial charge is 0.303 e. The molecule has 1 fully saturated rings. The van der Waals surface area contributed by atoms with Crippen molar-refractivity contribution in [3.05, 3.63) is 32.5 Å². The first-order valence-corrected chi connectivity index (χ1v) is 6.67. The summed E-state index contributed by atoms with van der Waals surface area (Å²) in [7, 11) is 0. The second-order valence-corrected chi connectivity index (χ2v) is 5.62. The fourth-order valence-corrected chi connectivity index (χ4v) is 3.72. The van der Waals surface area contributed by atoms with Crippen LogP contribution in [-0.4, -0.2) is 17.8 Å². The number of nitrogens with zero attached hydrogens (tertiary/aromatic N) is 1. The Balaban J connectivity index is 2.32. The summed E-state index contributed by atoms with van der Waals surface area (Å²) >= 11 is 1.51. The maximum Gasteiger partial charge on any atom is 0.212 e. The molecule has 4 nitrogen and oxygen atoms in total. The predicted octanol–water partition coefficient (Wildman–Crippen LogP) is 2.87. The summed E-state index contributed by atoms with van der Waals surface area (Å²) in [6.07, 6.45) is 4.53. The van der Waals surface area contributed by atoms with Gasteiger partial charge in [0.25, 0.3) is 0 Å². The van der Waals surface area contributed by atoms with E-state index in [0.717, 1.165) is 36.8 Å². The van der Waals surface area contributed by atoms with Gasteiger partial charge in [0.15, 0.2) is 0 Å². The predicted molar refractivity (Wildman–Crippen MR) is 65.9 cm³/mol. The highest BCUT2D eigenvalue weighted by molar-refractivity contribution is 7.10. The number of rotatable bonds is 5. The molecule has 1 aliphatic rings. The molecule has 0 radical (unpaired) electrons. The van der Waals surface area contributed by atoms with E-state index >= 15 is 0 Å². The van der Waals surface area contributed by atoms with Gasteiger partial charge in [-0.15, -0.1) is 11.3 Å². The Hall–Kier alpha value is -1.23.